The standard InChI is InChI=1S/C18H20Cl2N2O2S/c1-4-24-16-6-5-12(7-17(16)23-3)11-22(2)18(25)21-15-9-13(19)8-14(20)10-15/h5-10H,4,11H2,1-3H3,(H,21,25). The van der Waals surface area contributed by atoms with Gasteiger partial charge in [0.2, 0.25) is 0 Å². The third-order valence-corrected chi connectivity index (χ3v) is 4.26. The SMILES string of the molecule is CCOc1ccc(CN(C)C(=S)Nc2cc(Cl)cc(Cl)c2)cc1OC. The first-order chi connectivity index (χ1) is 11.9. The third-order valence-electron chi connectivity index (χ3n) is 3.41. The smallest absolute Gasteiger partial charge is 0.173 e. The van der Waals surface area contributed by atoms with Crippen molar-refractivity contribution in [2.24, 2.45) is 0 Å². The van der Waals surface area contributed by atoms with Crippen LogP contribution in [0.15, 0.2) is 36.4 Å². The van der Waals surface area contributed by atoms with E-state index >= 15 is 0 Å². The number of methoxy groups -OCH3 is 1. The molecule has 7 heteroatoms. The molecule has 0 atom stereocenters. The molecule has 0 heterocycles. The predicted octanol–water partition coefficient (Wildman–Crippen LogP) is 5.23. The van der Waals surface area contributed by atoms with E-state index in [1.54, 1.807) is 25.3 Å². The molecule has 2 aromatic rings. The number of ether oxygens (including phenoxy) is 2. The molecule has 0 aliphatic carbocycles. The van der Waals surface area contributed by atoms with Crippen LogP contribution in [-0.4, -0.2) is 30.8 Å². The zero-order chi connectivity index (χ0) is 18.4. The minimum absolute atomic E-state index is 0.553. The molecule has 0 saturated carbocycles. The Bertz CT molecular complexity index is 736. The average molecular weight is 399 g/mol. The van der Waals surface area contributed by atoms with Crippen LogP contribution in [0.5, 0.6) is 11.5 Å². The number of rotatable bonds is 6. The summed E-state index contributed by atoms with van der Waals surface area (Å²) < 4.78 is 10.9. The molecule has 0 spiro atoms. The second-order valence-electron chi connectivity index (χ2n) is 5.36. The van der Waals surface area contributed by atoms with Crippen LogP contribution in [0.25, 0.3) is 0 Å². The highest BCUT2D eigenvalue weighted by Crippen LogP contribution is 2.28. The van der Waals surface area contributed by atoms with Gasteiger partial charge in [-0.25, -0.2) is 0 Å². The molecule has 2 aromatic carbocycles. The number of nitrogens with zero attached hydrogens (tertiary/aromatic N) is 1. The fourth-order valence-corrected chi connectivity index (χ4v) is 2.98. The fourth-order valence-electron chi connectivity index (χ4n) is 2.28. The quantitative estimate of drug-likeness (QED) is 0.673. The summed E-state index contributed by atoms with van der Waals surface area (Å²) in [6.07, 6.45) is 0. The zero-order valence-corrected chi connectivity index (χ0v) is 16.6. The van der Waals surface area contributed by atoms with Crippen LogP contribution < -0.4 is 14.8 Å². The highest BCUT2D eigenvalue weighted by atomic mass is 35.5. The van der Waals surface area contributed by atoms with Gasteiger partial charge < -0.3 is 19.7 Å². The van der Waals surface area contributed by atoms with Crippen LogP contribution in [-0.2, 0) is 6.54 Å². The number of anilines is 1. The van der Waals surface area contributed by atoms with Gasteiger partial charge in [-0.3, -0.25) is 0 Å². The van der Waals surface area contributed by atoms with Crippen LogP contribution >= 0.6 is 35.4 Å². The maximum atomic E-state index is 6.01. The Labute approximate surface area is 163 Å². The van der Waals surface area contributed by atoms with E-state index in [1.165, 1.54) is 0 Å². The van der Waals surface area contributed by atoms with Crippen molar-refractivity contribution in [3.63, 3.8) is 0 Å². The average Bonchev–Trinajstić information content (AvgIpc) is 2.55. The van der Waals surface area contributed by atoms with E-state index in [0.29, 0.717) is 34.1 Å². The lowest BCUT2D eigenvalue weighted by Gasteiger charge is -2.22. The van der Waals surface area contributed by atoms with Crippen molar-refractivity contribution in [1.29, 1.82) is 0 Å². The summed E-state index contributed by atoms with van der Waals surface area (Å²) >= 11 is 17.5. The van der Waals surface area contributed by atoms with E-state index in [1.807, 2.05) is 37.1 Å². The van der Waals surface area contributed by atoms with Gasteiger partial charge in [0.15, 0.2) is 16.6 Å². The monoisotopic (exact) mass is 398 g/mol. The highest BCUT2D eigenvalue weighted by molar-refractivity contribution is 7.80. The van der Waals surface area contributed by atoms with Gasteiger partial charge in [-0.2, -0.15) is 0 Å². The van der Waals surface area contributed by atoms with Crippen molar-refractivity contribution in [1.82, 2.24) is 4.90 Å². The van der Waals surface area contributed by atoms with Crippen LogP contribution in [0, 0.1) is 0 Å². The van der Waals surface area contributed by atoms with Gasteiger partial charge in [0.05, 0.1) is 13.7 Å². The summed E-state index contributed by atoms with van der Waals surface area (Å²) in [7, 11) is 3.53. The molecule has 0 amide bonds. The Morgan fingerprint density at radius 3 is 2.40 bits per heavy atom. The van der Waals surface area contributed by atoms with Crippen molar-refractivity contribution >= 4 is 46.2 Å². The molecule has 2 rings (SSSR count). The molecular formula is C18H20Cl2N2O2S. The molecule has 0 saturated heterocycles. The number of thiocarbonyl (C=S) groups is 1. The maximum absolute atomic E-state index is 6.01. The molecular weight excluding hydrogens is 379 g/mol. The van der Waals surface area contributed by atoms with Crippen molar-refractivity contribution in [3.05, 3.63) is 52.0 Å². The lowest BCUT2D eigenvalue weighted by molar-refractivity contribution is 0.310. The molecule has 0 fully saturated rings. The molecule has 0 bridgehead atoms. The maximum Gasteiger partial charge on any atom is 0.173 e. The summed E-state index contributed by atoms with van der Waals surface area (Å²) in [6.45, 7) is 3.14. The Hall–Kier alpha value is -1.69. The second-order valence-corrected chi connectivity index (χ2v) is 6.62. The fraction of sp³-hybridized carbons (Fsp3) is 0.278. The Morgan fingerprint density at radius 1 is 1.12 bits per heavy atom. The predicted molar refractivity (Wildman–Crippen MR) is 108 cm³/mol. The van der Waals surface area contributed by atoms with E-state index in [2.05, 4.69) is 5.32 Å². The number of nitrogens with one attached hydrogen (secondary N) is 1. The van der Waals surface area contributed by atoms with E-state index in [0.717, 1.165) is 17.0 Å². The summed E-state index contributed by atoms with van der Waals surface area (Å²) in [5.74, 6) is 1.43. The first kappa shape index (κ1) is 19.6. The molecule has 0 aliphatic rings. The van der Waals surface area contributed by atoms with Gasteiger partial charge >= 0.3 is 0 Å². The van der Waals surface area contributed by atoms with Gasteiger partial charge in [-0.1, -0.05) is 29.3 Å². The summed E-state index contributed by atoms with van der Waals surface area (Å²) in [5.41, 5.74) is 1.80. The minimum atomic E-state index is 0.553. The first-order valence-corrected chi connectivity index (χ1v) is 8.87. The highest BCUT2D eigenvalue weighted by Gasteiger charge is 2.10. The van der Waals surface area contributed by atoms with E-state index in [9.17, 15) is 0 Å². The Balaban J connectivity index is 2.05. The molecule has 0 unspecified atom stereocenters. The molecule has 0 aromatic heterocycles. The van der Waals surface area contributed by atoms with Gasteiger partial charge in [0, 0.05) is 29.3 Å². The zero-order valence-electron chi connectivity index (χ0n) is 14.3. The van der Waals surface area contributed by atoms with Crippen LogP contribution in [0.1, 0.15) is 12.5 Å². The summed E-state index contributed by atoms with van der Waals surface area (Å²) in [5, 5.41) is 4.80. The molecule has 1 N–H and O–H groups in total. The normalized spacial score (nSPS) is 10.3. The van der Waals surface area contributed by atoms with Crippen molar-refractivity contribution in [2.75, 3.05) is 26.1 Å². The molecule has 0 aliphatic heterocycles. The van der Waals surface area contributed by atoms with E-state index in [4.69, 9.17) is 44.9 Å². The van der Waals surface area contributed by atoms with Gasteiger partial charge in [0.1, 0.15) is 0 Å². The molecule has 4 nitrogen and oxygen atoms in total. The van der Waals surface area contributed by atoms with Crippen molar-refractivity contribution in [3.8, 4) is 11.5 Å². The lowest BCUT2D eigenvalue weighted by Crippen LogP contribution is -2.30. The van der Waals surface area contributed by atoms with E-state index < -0.39 is 0 Å². The van der Waals surface area contributed by atoms with Crippen LogP contribution in [0.3, 0.4) is 0 Å². The lowest BCUT2D eigenvalue weighted by atomic mass is 10.2. The molecule has 0 radical (unpaired) electrons. The van der Waals surface area contributed by atoms with Crippen molar-refractivity contribution < 1.29 is 9.47 Å². The minimum Gasteiger partial charge on any atom is -0.493 e. The van der Waals surface area contributed by atoms with Crippen molar-refractivity contribution in [2.45, 2.75) is 13.5 Å². The van der Waals surface area contributed by atoms with Crippen LogP contribution in [0.4, 0.5) is 5.69 Å². The second kappa shape index (κ2) is 9.13. The van der Waals surface area contributed by atoms with Gasteiger partial charge in [-0.15, -0.1) is 0 Å². The first-order valence-electron chi connectivity index (χ1n) is 7.71. The van der Waals surface area contributed by atoms with Gasteiger partial charge in [0.25, 0.3) is 0 Å². The number of halogens is 2. The van der Waals surface area contributed by atoms with Crippen LogP contribution in [0.2, 0.25) is 10.0 Å². The summed E-state index contributed by atoms with van der Waals surface area (Å²) in [6, 6.07) is 11.1. The Kier molecular flexibility index (Phi) is 7.17. The number of benzene rings is 2. The topological polar surface area (TPSA) is 33.7 Å². The largest absolute Gasteiger partial charge is 0.493 e. The van der Waals surface area contributed by atoms with E-state index in [-0.39, 0.29) is 0 Å². The summed E-state index contributed by atoms with van der Waals surface area (Å²) in [4.78, 5) is 1.92. The Morgan fingerprint density at radius 2 is 1.80 bits per heavy atom. The number of hydrogen-bond donors (Lipinski definition) is 1. The number of hydrogen-bond acceptors (Lipinski definition) is 3. The molecule has 25 heavy (non-hydrogen) atoms. The molecule has 134 valence electrons. The van der Waals surface area contributed by atoms with Gasteiger partial charge in [-0.05, 0) is 55.0 Å². The third kappa shape index (κ3) is 5.66.